The van der Waals surface area contributed by atoms with E-state index in [1.54, 1.807) is 12.4 Å². The van der Waals surface area contributed by atoms with Crippen LogP contribution in [0.1, 0.15) is 6.42 Å². The number of nitrogens with one attached hydrogen (secondary N) is 2. The summed E-state index contributed by atoms with van der Waals surface area (Å²) in [4.78, 5) is 36.5. The van der Waals surface area contributed by atoms with Crippen molar-refractivity contribution in [3.63, 3.8) is 0 Å². The summed E-state index contributed by atoms with van der Waals surface area (Å²) in [5.41, 5.74) is 0. The van der Waals surface area contributed by atoms with Crippen molar-refractivity contribution in [3.05, 3.63) is 23.2 Å². The monoisotopic (exact) mass is 380 g/mol. The molecule has 25 heavy (non-hydrogen) atoms. The number of hydrogen-bond acceptors (Lipinski definition) is 8. The van der Waals surface area contributed by atoms with Crippen LogP contribution in [0.3, 0.4) is 0 Å². The molecule has 0 atom stereocenters. The summed E-state index contributed by atoms with van der Waals surface area (Å²) in [6, 6.07) is 0. The third-order valence-corrected chi connectivity index (χ3v) is 5.15. The van der Waals surface area contributed by atoms with Crippen LogP contribution in [0.4, 0.5) is 10.3 Å². The summed E-state index contributed by atoms with van der Waals surface area (Å²) < 4.78 is 0. The minimum atomic E-state index is -0.0510. The normalized spacial score (nSPS) is 16.3. The van der Waals surface area contributed by atoms with Gasteiger partial charge in [0.05, 0.1) is 13.1 Å². The first-order chi connectivity index (χ1) is 12.2. The van der Waals surface area contributed by atoms with E-state index in [-0.39, 0.29) is 11.8 Å². The third kappa shape index (κ3) is 5.85. The molecule has 3 rings (SSSR count). The van der Waals surface area contributed by atoms with Gasteiger partial charge >= 0.3 is 0 Å². The standard InChI is InChI=1S/C15H20N6O2S2/c22-12(18-14-16-2-8-24-14)10-20-4-1-5-21(7-6-20)11-13(23)19-15-17-3-9-25-15/h2-3,8-9H,1,4-7,10-11H2,(H,16,18,22)(H,17,19,23). The Hall–Kier alpha value is -1.88. The summed E-state index contributed by atoms with van der Waals surface area (Å²) >= 11 is 2.81. The minimum absolute atomic E-state index is 0.0510. The van der Waals surface area contributed by atoms with E-state index in [2.05, 4.69) is 30.4 Å². The average Bonchev–Trinajstić information content (AvgIpc) is 3.21. The van der Waals surface area contributed by atoms with Crippen molar-refractivity contribution >= 4 is 44.8 Å². The number of aromatic nitrogens is 2. The molecule has 10 heteroatoms. The molecule has 2 amide bonds. The molecule has 0 aliphatic carbocycles. The Morgan fingerprint density at radius 1 is 0.880 bits per heavy atom. The molecule has 8 nitrogen and oxygen atoms in total. The molecule has 1 saturated heterocycles. The summed E-state index contributed by atoms with van der Waals surface area (Å²) in [6.45, 7) is 3.90. The van der Waals surface area contributed by atoms with Crippen LogP contribution in [-0.2, 0) is 9.59 Å². The van der Waals surface area contributed by atoms with Gasteiger partial charge in [-0.15, -0.1) is 22.7 Å². The Labute approximate surface area is 153 Å². The summed E-state index contributed by atoms with van der Waals surface area (Å²) in [7, 11) is 0. The lowest BCUT2D eigenvalue weighted by atomic mass is 10.3. The zero-order valence-corrected chi connectivity index (χ0v) is 15.3. The molecule has 0 radical (unpaired) electrons. The smallest absolute Gasteiger partial charge is 0.240 e. The van der Waals surface area contributed by atoms with Gasteiger partial charge in [0.2, 0.25) is 11.8 Å². The van der Waals surface area contributed by atoms with E-state index in [0.717, 1.165) is 32.6 Å². The Morgan fingerprint density at radius 2 is 1.36 bits per heavy atom. The molecule has 2 aromatic rings. The molecule has 0 saturated carbocycles. The highest BCUT2D eigenvalue weighted by Gasteiger charge is 2.19. The second-order valence-corrected chi connectivity index (χ2v) is 7.47. The number of carbonyl (C=O) groups is 2. The third-order valence-electron chi connectivity index (χ3n) is 3.77. The van der Waals surface area contributed by atoms with Crippen molar-refractivity contribution < 1.29 is 9.59 Å². The zero-order chi connectivity index (χ0) is 17.5. The van der Waals surface area contributed by atoms with Gasteiger partial charge in [0.25, 0.3) is 0 Å². The number of hydrogen-bond donors (Lipinski definition) is 2. The fourth-order valence-corrected chi connectivity index (χ4v) is 3.72. The first-order valence-electron chi connectivity index (χ1n) is 8.02. The number of carbonyl (C=O) groups excluding carboxylic acids is 2. The molecular formula is C15H20N6O2S2. The molecule has 0 bridgehead atoms. The first kappa shape index (κ1) is 17.9. The van der Waals surface area contributed by atoms with E-state index in [1.165, 1.54) is 22.7 Å². The lowest BCUT2D eigenvalue weighted by molar-refractivity contribution is -0.118. The maximum absolute atomic E-state index is 12.1. The van der Waals surface area contributed by atoms with Crippen LogP contribution < -0.4 is 10.6 Å². The molecule has 3 heterocycles. The van der Waals surface area contributed by atoms with Gasteiger partial charge in [-0.1, -0.05) is 0 Å². The van der Waals surface area contributed by atoms with Gasteiger partial charge in [-0.2, -0.15) is 0 Å². The Bertz CT molecular complexity index is 618. The molecule has 0 aromatic carbocycles. The zero-order valence-electron chi connectivity index (χ0n) is 13.7. The van der Waals surface area contributed by atoms with E-state index in [0.29, 0.717) is 23.4 Å². The van der Waals surface area contributed by atoms with E-state index >= 15 is 0 Å². The average molecular weight is 380 g/mol. The van der Waals surface area contributed by atoms with Crippen LogP contribution in [-0.4, -0.2) is 70.9 Å². The van der Waals surface area contributed by atoms with E-state index < -0.39 is 0 Å². The Balaban J connectivity index is 1.40. The molecule has 1 aliphatic rings. The fourth-order valence-electron chi connectivity index (χ4n) is 2.63. The highest BCUT2D eigenvalue weighted by molar-refractivity contribution is 7.14. The van der Waals surface area contributed by atoms with Crippen molar-refractivity contribution in [2.75, 3.05) is 49.9 Å². The minimum Gasteiger partial charge on any atom is -0.301 e. The largest absolute Gasteiger partial charge is 0.301 e. The highest BCUT2D eigenvalue weighted by atomic mass is 32.1. The predicted molar refractivity (Wildman–Crippen MR) is 99.0 cm³/mol. The SMILES string of the molecule is O=C(CN1CCCN(CC(=O)Nc2nccs2)CC1)Nc1nccs1. The summed E-state index contributed by atoms with van der Waals surface area (Å²) in [5.74, 6) is -0.102. The second kappa shape index (κ2) is 8.99. The number of thiazole rings is 2. The first-order valence-corrected chi connectivity index (χ1v) is 9.78. The maximum Gasteiger partial charge on any atom is 0.240 e. The molecule has 1 fully saturated rings. The van der Waals surface area contributed by atoms with Gasteiger partial charge in [0.1, 0.15) is 0 Å². The second-order valence-electron chi connectivity index (χ2n) is 5.68. The van der Waals surface area contributed by atoms with E-state index in [9.17, 15) is 9.59 Å². The van der Waals surface area contributed by atoms with Crippen LogP contribution in [0.15, 0.2) is 23.2 Å². The Kier molecular flexibility index (Phi) is 6.45. The van der Waals surface area contributed by atoms with Crippen molar-refractivity contribution in [1.82, 2.24) is 19.8 Å². The van der Waals surface area contributed by atoms with Crippen LogP contribution in [0.25, 0.3) is 0 Å². The van der Waals surface area contributed by atoms with Crippen molar-refractivity contribution in [1.29, 1.82) is 0 Å². The number of rotatable bonds is 6. The fraction of sp³-hybridized carbons (Fsp3) is 0.467. The number of nitrogens with zero attached hydrogens (tertiary/aromatic N) is 4. The van der Waals surface area contributed by atoms with Gasteiger partial charge < -0.3 is 10.6 Å². The highest BCUT2D eigenvalue weighted by Crippen LogP contribution is 2.12. The van der Waals surface area contributed by atoms with Crippen LogP contribution in [0.5, 0.6) is 0 Å². The summed E-state index contributed by atoms with van der Waals surface area (Å²) in [6.07, 6.45) is 4.26. The molecule has 2 aromatic heterocycles. The number of amides is 2. The van der Waals surface area contributed by atoms with Crippen molar-refractivity contribution in [2.24, 2.45) is 0 Å². The predicted octanol–water partition coefficient (Wildman–Crippen LogP) is 1.18. The van der Waals surface area contributed by atoms with E-state index in [1.807, 2.05) is 10.8 Å². The Morgan fingerprint density at radius 3 is 1.76 bits per heavy atom. The lowest BCUT2D eigenvalue weighted by Gasteiger charge is -2.20. The van der Waals surface area contributed by atoms with Crippen molar-refractivity contribution in [2.45, 2.75) is 6.42 Å². The van der Waals surface area contributed by atoms with Gasteiger partial charge in [0, 0.05) is 36.2 Å². The molecule has 0 spiro atoms. The molecule has 134 valence electrons. The van der Waals surface area contributed by atoms with Crippen molar-refractivity contribution in [3.8, 4) is 0 Å². The molecular weight excluding hydrogens is 360 g/mol. The topological polar surface area (TPSA) is 90.5 Å². The summed E-state index contributed by atoms with van der Waals surface area (Å²) in [5, 5.41) is 10.5. The maximum atomic E-state index is 12.1. The van der Waals surface area contributed by atoms with E-state index in [4.69, 9.17) is 0 Å². The quantitative estimate of drug-likeness (QED) is 0.782. The van der Waals surface area contributed by atoms with Crippen LogP contribution >= 0.6 is 22.7 Å². The molecule has 1 aliphatic heterocycles. The molecule has 2 N–H and O–H groups in total. The molecule has 0 unspecified atom stereocenters. The lowest BCUT2D eigenvalue weighted by Crippen LogP contribution is -2.38. The van der Waals surface area contributed by atoms with Gasteiger partial charge in [0.15, 0.2) is 10.3 Å². The van der Waals surface area contributed by atoms with Gasteiger partial charge in [-0.25, -0.2) is 9.97 Å². The van der Waals surface area contributed by atoms with Gasteiger partial charge in [-0.05, 0) is 19.5 Å². The number of anilines is 2. The van der Waals surface area contributed by atoms with Gasteiger partial charge in [-0.3, -0.25) is 19.4 Å². The van der Waals surface area contributed by atoms with Crippen LogP contribution in [0.2, 0.25) is 0 Å². The van der Waals surface area contributed by atoms with Crippen LogP contribution in [0, 0.1) is 0 Å².